The van der Waals surface area contributed by atoms with Gasteiger partial charge in [-0.2, -0.15) is 0 Å². The summed E-state index contributed by atoms with van der Waals surface area (Å²) in [4.78, 5) is 11.8. The number of hydrogen-bond acceptors (Lipinski definition) is 2. The predicted octanol–water partition coefficient (Wildman–Crippen LogP) is 3.83. The molecule has 0 aliphatic heterocycles. The SMILES string of the molecule is CCCCCNC(=O)C(C)Nc1c(F)cc(F)cc1Br. The highest BCUT2D eigenvalue weighted by Crippen LogP contribution is 2.27. The number of nitrogens with one attached hydrogen (secondary N) is 2. The van der Waals surface area contributed by atoms with Crippen LogP contribution in [-0.4, -0.2) is 18.5 Å². The third-order valence-corrected chi connectivity index (χ3v) is 3.47. The maximum atomic E-state index is 13.6. The Bertz CT molecular complexity index is 445. The first-order chi connectivity index (χ1) is 9.45. The van der Waals surface area contributed by atoms with E-state index in [4.69, 9.17) is 0 Å². The van der Waals surface area contributed by atoms with E-state index < -0.39 is 17.7 Å². The van der Waals surface area contributed by atoms with Crippen LogP contribution in [0.2, 0.25) is 0 Å². The van der Waals surface area contributed by atoms with E-state index >= 15 is 0 Å². The fraction of sp³-hybridized carbons (Fsp3) is 0.500. The Labute approximate surface area is 126 Å². The summed E-state index contributed by atoms with van der Waals surface area (Å²) < 4.78 is 26.8. The number of amides is 1. The number of rotatable bonds is 7. The summed E-state index contributed by atoms with van der Waals surface area (Å²) in [5.74, 6) is -1.61. The molecule has 1 amide bonds. The molecular weight excluding hydrogens is 330 g/mol. The van der Waals surface area contributed by atoms with Crippen molar-refractivity contribution in [2.75, 3.05) is 11.9 Å². The van der Waals surface area contributed by atoms with Gasteiger partial charge in [-0.15, -0.1) is 0 Å². The molecule has 2 N–H and O–H groups in total. The van der Waals surface area contributed by atoms with Crippen LogP contribution < -0.4 is 10.6 Å². The zero-order valence-corrected chi connectivity index (χ0v) is 13.2. The fourth-order valence-electron chi connectivity index (χ4n) is 1.70. The largest absolute Gasteiger partial charge is 0.371 e. The summed E-state index contributed by atoms with van der Waals surface area (Å²) in [6.07, 6.45) is 3.06. The van der Waals surface area contributed by atoms with E-state index in [0.29, 0.717) is 6.54 Å². The molecule has 0 aliphatic carbocycles. The van der Waals surface area contributed by atoms with Crippen LogP contribution in [0, 0.1) is 11.6 Å². The smallest absolute Gasteiger partial charge is 0.242 e. The molecule has 0 aliphatic rings. The van der Waals surface area contributed by atoms with Crippen molar-refractivity contribution in [1.29, 1.82) is 0 Å². The molecule has 0 saturated heterocycles. The molecule has 0 fully saturated rings. The van der Waals surface area contributed by atoms with Gasteiger partial charge in [-0.1, -0.05) is 19.8 Å². The maximum absolute atomic E-state index is 13.6. The van der Waals surface area contributed by atoms with E-state index in [1.807, 2.05) is 0 Å². The summed E-state index contributed by atoms with van der Waals surface area (Å²) in [6, 6.07) is 1.32. The van der Waals surface area contributed by atoms with Crippen molar-refractivity contribution in [3.05, 3.63) is 28.2 Å². The van der Waals surface area contributed by atoms with Gasteiger partial charge in [0.1, 0.15) is 17.7 Å². The van der Waals surface area contributed by atoms with Gasteiger partial charge in [0.05, 0.1) is 5.69 Å². The normalized spacial score (nSPS) is 12.1. The molecule has 0 bridgehead atoms. The molecule has 1 aromatic carbocycles. The number of carbonyl (C=O) groups is 1. The van der Waals surface area contributed by atoms with Gasteiger partial charge in [0, 0.05) is 17.1 Å². The van der Waals surface area contributed by atoms with Gasteiger partial charge in [0.2, 0.25) is 5.91 Å². The third kappa shape index (κ3) is 5.07. The third-order valence-electron chi connectivity index (χ3n) is 2.84. The van der Waals surface area contributed by atoms with Crippen LogP contribution in [0.15, 0.2) is 16.6 Å². The summed E-state index contributed by atoms with van der Waals surface area (Å²) in [6.45, 7) is 4.32. The minimum absolute atomic E-state index is 0.0857. The monoisotopic (exact) mass is 348 g/mol. The van der Waals surface area contributed by atoms with Crippen LogP contribution in [0.25, 0.3) is 0 Å². The lowest BCUT2D eigenvalue weighted by Crippen LogP contribution is -2.38. The number of anilines is 1. The summed E-state index contributed by atoms with van der Waals surface area (Å²) in [5.41, 5.74) is 0.0857. The highest BCUT2D eigenvalue weighted by Gasteiger charge is 2.16. The van der Waals surface area contributed by atoms with Crippen molar-refractivity contribution in [2.24, 2.45) is 0 Å². The topological polar surface area (TPSA) is 41.1 Å². The molecule has 0 saturated carbocycles. The Morgan fingerprint density at radius 2 is 2.05 bits per heavy atom. The Morgan fingerprint density at radius 1 is 1.35 bits per heavy atom. The minimum Gasteiger partial charge on any atom is -0.371 e. The van der Waals surface area contributed by atoms with Crippen LogP contribution in [0.4, 0.5) is 14.5 Å². The van der Waals surface area contributed by atoms with Crippen molar-refractivity contribution in [3.63, 3.8) is 0 Å². The number of benzene rings is 1. The number of hydrogen-bond donors (Lipinski definition) is 2. The number of unbranched alkanes of at least 4 members (excludes halogenated alkanes) is 2. The lowest BCUT2D eigenvalue weighted by Gasteiger charge is -2.17. The van der Waals surface area contributed by atoms with Crippen LogP contribution in [0.1, 0.15) is 33.1 Å². The molecule has 6 heteroatoms. The first-order valence-corrected chi connectivity index (χ1v) is 7.43. The second-order valence-corrected chi connectivity index (χ2v) is 5.46. The molecule has 1 aromatic rings. The zero-order chi connectivity index (χ0) is 15.1. The highest BCUT2D eigenvalue weighted by atomic mass is 79.9. The van der Waals surface area contributed by atoms with Crippen molar-refractivity contribution in [2.45, 2.75) is 39.2 Å². The standard InChI is InChI=1S/C14H19BrF2N2O/c1-3-4-5-6-18-14(20)9(2)19-13-11(15)7-10(16)8-12(13)17/h7-9,19H,3-6H2,1-2H3,(H,18,20). The van der Waals surface area contributed by atoms with Gasteiger partial charge in [-0.05, 0) is 35.3 Å². The molecule has 0 aromatic heterocycles. The zero-order valence-electron chi connectivity index (χ0n) is 11.6. The average Bonchev–Trinajstić information content (AvgIpc) is 2.38. The summed E-state index contributed by atoms with van der Waals surface area (Å²) in [7, 11) is 0. The molecule has 3 nitrogen and oxygen atoms in total. The number of carbonyl (C=O) groups excluding carboxylic acids is 1. The Balaban J connectivity index is 2.57. The second kappa shape index (κ2) is 8.19. The first-order valence-electron chi connectivity index (χ1n) is 6.64. The van der Waals surface area contributed by atoms with Crippen molar-refractivity contribution in [3.8, 4) is 0 Å². The first kappa shape index (κ1) is 16.9. The van der Waals surface area contributed by atoms with Crippen molar-refractivity contribution in [1.82, 2.24) is 5.32 Å². The Kier molecular flexibility index (Phi) is 6.91. The van der Waals surface area contributed by atoms with Gasteiger partial charge in [0.15, 0.2) is 0 Å². The average molecular weight is 349 g/mol. The van der Waals surface area contributed by atoms with Crippen LogP contribution in [-0.2, 0) is 4.79 Å². The summed E-state index contributed by atoms with van der Waals surface area (Å²) >= 11 is 3.07. The molecule has 1 rings (SSSR count). The van der Waals surface area contributed by atoms with Gasteiger partial charge in [-0.25, -0.2) is 8.78 Å². The van der Waals surface area contributed by atoms with E-state index in [9.17, 15) is 13.6 Å². The fourth-order valence-corrected chi connectivity index (χ4v) is 2.22. The Hall–Kier alpha value is -1.17. The molecule has 20 heavy (non-hydrogen) atoms. The van der Waals surface area contributed by atoms with E-state index in [0.717, 1.165) is 31.4 Å². The van der Waals surface area contributed by atoms with Crippen LogP contribution >= 0.6 is 15.9 Å². The molecule has 1 atom stereocenters. The molecule has 0 radical (unpaired) electrons. The highest BCUT2D eigenvalue weighted by molar-refractivity contribution is 9.10. The maximum Gasteiger partial charge on any atom is 0.242 e. The van der Waals surface area contributed by atoms with Gasteiger partial charge in [-0.3, -0.25) is 4.79 Å². The summed E-state index contributed by atoms with van der Waals surface area (Å²) in [5, 5.41) is 5.52. The van der Waals surface area contributed by atoms with Gasteiger partial charge >= 0.3 is 0 Å². The lowest BCUT2D eigenvalue weighted by molar-refractivity contribution is -0.121. The molecule has 112 valence electrons. The van der Waals surface area contributed by atoms with E-state index in [1.165, 1.54) is 0 Å². The van der Waals surface area contributed by atoms with E-state index in [1.54, 1.807) is 6.92 Å². The Morgan fingerprint density at radius 3 is 2.65 bits per heavy atom. The van der Waals surface area contributed by atoms with Crippen LogP contribution in [0.3, 0.4) is 0 Å². The second-order valence-electron chi connectivity index (χ2n) is 4.61. The van der Waals surface area contributed by atoms with Crippen molar-refractivity contribution >= 4 is 27.5 Å². The molecular formula is C14H19BrF2N2O. The molecule has 0 heterocycles. The van der Waals surface area contributed by atoms with Gasteiger partial charge < -0.3 is 10.6 Å². The van der Waals surface area contributed by atoms with E-state index in [-0.39, 0.29) is 16.1 Å². The minimum atomic E-state index is -0.734. The molecule has 1 unspecified atom stereocenters. The quantitative estimate of drug-likeness (QED) is 0.735. The van der Waals surface area contributed by atoms with Crippen LogP contribution in [0.5, 0.6) is 0 Å². The van der Waals surface area contributed by atoms with Gasteiger partial charge in [0.25, 0.3) is 0 Å². The molecule has 0 spiro atoms. The van der Waals surface area contributed by atoms with Crippen molar-refractivity contribution < 1.29 is 13.6 Å². The predicted molar refractivity (Wildman–Crippen MR) is 79.7 cm³/mol. The van der Waals surface area contributed by atoms with E-state index in [2.05, 4.69) is 33.5 Å². The number of halogens is 3. The lowest BCUT2D eigenvalue weighted by atomic mass is 10.2.